The second kappa shape index (κ2) is 9.23. The minimum Gasteiger partial charge on any atom is -0.457 e. The van der Waals surface area contributed by atoms with Crippen LogP contribution in [0.2, 0.25) is 0 Å². The van der Waals surface area contributed by atoms with Gasteiger partial charge in [-0.05, 0) is 72.8 Å². The molecule has 2 aromatic carbocycles. The average molecular weight is 435 g/mol. The van der Waals surface area contributed by atoms with Crippen LogP contribution < -0.4 is 10.1 Å². The summed E-state index contributed by atoms with van der Waals surface area (Å²) < 4.78 is 6.02. The summed E-state index contributed by atoms with van der Waals surface area (Å²) in [4.78, 5) is 15.0. The summed E-state index contributed by atoms with van der Waals surface area (Å²) in [6, 6.07) is 16.0. The molecule has 4 nitrogen and oxygen atoms in total. The standard InChI is InChI=1S/C26H30N2O2S/c1-4-16-28-22-6-5-7-23(29)24(22)25(27-26(28)31)19-10-14-21(15-11-19)30-20-12-8-18(9-13-20)17(2)3/h8-15,17,25H,4-7,16H2,1-3H3,(H,27,31). The van der Waals surface area contributed by atoms with Gasteiger partial charge in [0, 0.05) is 24.2 Å². The number of Topliss-reactive ketones (excluding diaryl/α,β-unsaturated/α-hetero) is 1. The molecule has 0 aromatic heterocycles. The number of rotatable bonds is 6. The molecule has 0 fully saturated rings. The number of hydrogen-bond donors (Lipinski definition) is 1. The van der Waals surface area contributed by atoms with E-state index in [1.165, 1.54) is 5.56 Å². The molecule has 4 rings (SSSR count). The minimum atomic E-state index is -0.192. The van der Waals surface area contributed by atoms with E-state index >= 15 is 0 Å². The highest BCUT2D eigenvalue weighted by atomic mass is 32.1. The van der Waals surface area contributed by atoms with Gasteiger partial charge in [-0.2, -0.15) is 0 Å². The van der Waals surface area contributed by atoms with Crippen LogP contribution in [0.15, 0.2) is 59.8 Å². The summed E-state index contributed by atoms with van der Waals surface area (Å²) in [7, 11) is 0. The van der Waals surface area contributed by atoms with E-state index in [1.807, 2.05) is 36.4 Å². The second-order valence-corrected chi connectivity index (χ2v) is 8.95. The molecule has 5 heteroatoms. The third-order valence-corrected chi connectivity index (χ3v) is 6.34. The molecular weight excluding hydrogens is 404 g/mol. The van der Waals surface area contributed by atoms with Gasteiger partial charge in [-0.15, -0.1) is 0 Å². The molecule has 0 radical (unpaired) electrons. The summed E-state index contributed by atoms with van der Waals surface area (Å²) >= 11 is 5.66. The van der Waals surface area contributed by atoms with E-state index in [2.05, 4.69) is 43.1 Å². The molecule has 1 aliphatic carbocycles. The lowest BCUT2D eigenvalue weighted by Crippen LogP contribution is -2.49. The Morgan fingerprint density at radius 2 is 1.71 bits per heavy atom. The van der Waals surface area contributed by atoms with Crippen molar-refractivity contribution >= 4 is 23.1 Å². The Hall–Kier alpha value is -2.66. The third kappa shape index (κ3) is 4.52. The van der Waals surface area contributed by atoms with E-state index in [9.17, 15) is 4.79 Å². The van der Waals surface area contributed by atoms with Gasteiger partial charge in [-0.1, -0.05) is 45.0 Å². The molecule has 31 heavy (non-hydrogen) atoms. The number of hydrogen-bond acceptors (Lipinski definition) is 3. The number of ketones is 1. The zero-order valence-electron chi connectivity index (χ0n) is 18.5. The summed E-state index contributed by atoms with van der Waals surface area (Å²) in [5.74, 6) is 2.32. The van der Waals surface area contributed by atoms with E-state index in [4.69, 9.17) is 17.0 Å². The predicted molar refractivity (Wildman–Crippen MR) is 128 cm³/mol. The van der Waals surface area contributed by atoms with Gasteiger partial charge in [0.05, 0.1) is 6.04 Å². The first-order valence-electron chi connectivity index (χ1n) is 11.2. The lowest BCUT2D eigenvalue weighted by Gasteiger charge is -2.41. The van der Waals surface area contributed by atoms with Crippen molar-refractivity contribution in [3.63, 3.8) is 0 Å². The fourth-order valence-electron chi connectivity index (χ4n) is 4.35. The van der Waals surface area contributed by atoms with Crippen molar-refractivity contribution in [2.45, 2.75) is 58.4 Å². The number of carbonyl (C=O) groups is 1. The number of nitrogens with one attached hydrogen (secondary N) is 1. The molecule has 0 spiro atoms. The van der Waals surface area contributed by atoms with Crippen LogP contribution in [0, 0.1) is 0 Å². The molecule has 1 aliphatic heterocycles. The zero-order chi connectivity index (χ0) is 22.0. The summed E-state index contributed by atoms with van der Waals surface area (Å²) in [6.07, 6.45) is 3.40. The molecule has 0 saturated heterocycles. The summed E-state index contributed by atoms with van der Waals surface area (Å²) in [6.45, 7) is 7.33. The van der Waals surface area contributed by atoms with Gasteiger partial charge in [-0.25, -0.2) is 0 Å². The first-order valence-corrected chi connectivity index (χ1v) is 11.6. The molecule has 2 aromatic rings. The van der Waals surface area contributed by atoms with Crippen molar-refractivity contribution in [1.82, 2.24) is 10.2 Å². The van der Waals surface area contributed by atoms with E-state index < -0.39 is 0 Å². The number of nitrogens with zero attached hydrogens (tertiary/aromatic N) is 1. The maximum atomic E-state index is 12.9. The highest BCUT2D eigenvalue weighted by molar-refractivity contribution is 7.80. The van der Waals surface area contributed by atoms with Gasteiger partial charge < -0.3 is 15.0 Å². The number of allylic oxidation sites excluding steroid dienone is 1. The van der Waals surface area contributed by atoms with Crippen LogP contribution in [-0.2, 0) is 4.79 Å². The molecule has 1 heterocycles. The molecule has 1 N–H and O–H groups in total. The van der Waals surface area contributed by atoms with Crippen molar-refractivity contribution in [3.05, 3.63) is 70.9 Å². The van der Waals surface area contributed by atoms with Crippen molar-refractivity contribution in [2.24, 2.45) is 0 Å². The molecule has 0 bridgehead atoms. The molecule has 2 aliphatic rings. The van der Waals surface area contributed by atoms with Crippen LogP contribution in [0.3, 0.4) is 0 Å². The van der Waals surface area contributed by atoms with Gasteiger partial charge in [0.1, 0.15) is 11.5 Å². The second-order valence-electron chi connectivity index (χ2n) is 8.57. The maximum Gasteiger partial charge on any atom is 0.173 e. The van der Waals surface area contributed by atoms with Crippen molar-refractivity contribution in [3.8, 4) is 11.5 Å². The fraction of sp³-hybridized carbons (Fsp3) is 0.385. The molecule has 162 valence electrons. The van der Waals surface area contributed by atoms with Gasteiger partial charge in [-0.3, -0.25) is 4.79 Å². The van der Waals surface area contributed by atoms with Gasteiger partial charge in [0.15, 0.2) is 10.9 Å². The first-order chi connectivity index (χ1) is 15.0. The van der Waals surface area contributed by atoms with Crippen LogP contribution in [0.25, 0.3) is 0 Å². The van der Waals surface area contributed by atoms with Crippen LogP contribution >= 0.6 is 12.2 Å². The smallest absolute Gasteiger partial charge is 0.173 e. The normalized spacial score (nSPS) is 18.8. The van der Waals surface area contributed by atoms with E-state index in [-0.39, 0.29) is 11.8 Å². The quantitative estimate of drug-likeness (QED) is 0.544. The van der Waals surface area contributed by atoms with Crippen LogP contribution in [0.1, 0.15) is 69.5 Å². The van der Waals surface area contributed by atoms with Gasteiger partial charge in [0.25, 0.3) is 0 Å². The Balaban J connectivity index is 1.57. The van der Waals surface area contributed by atoms with Crippen molar-refractivity contribution in [2.75, 3.05) is 6.54 Å². The zero-order valence-corrected chi connectivity index (χ0v) is 19.3. The largest absolute Gasteiger partial charge is 0.457 e. The topological polar surface area (TPSA) is 41.6 Å². The number of thiocarbonyl (C=S) groups is 1. The Labute approximate surface area is 190 Å². The lowest BCUT2D eigenvalue weighted by atomic mass is 9.85. The highest BCUT2D eigenvalue weighted by Gasteiger charge is 2.36. The molecule has 0 saturated carbocycles. The van der Waals surface area contributed by atoms with Gasteiger partial charge in [0.2, 0.25) is 0 Å². The summed E-state index contributed by atoms with van der Waals surface area (Å²) in [5.41, 5.74) is 4.31. The monoisotopic (exact) mass is 434 g/mol. The van der Waals surface area contributed by atoms with Gasteiger partial charge >= 0.3 is 0 Å². The highest BCUT2D eigenvalue weighted by Crippen LogP contribution is 2.38. The van der Waals surface area contributed by atoms with Crippen LogP contribution in [-0.4, -0.2) is 22.3 Å². The Bertz CT molecular complexity index is 993. The Morgan fingerprint density at radius 3 is 2.32 bits per heavy atom. The first kappa shape index (κ1) is 21.6. The predicted octanol–water partition coefficient (Wildman–Crippen LogP) is 6.25. The SMILES string of the molecule is CCCN1C(=S)NC(c2ccc(Oc3ccc(C(C)C)cc3)cc2)C2=C1CCCC2=O. The van der Waals surface area contributed by atoms with Crippen molar-refractivity contribution < 1.29 is 9.53 Å². The number of ether oxygens (including phenoxy) is 1. The molecule has 1 atom stereocenters. The third-order valence-electron chi connectivity index (χ3n) is 6.00. The van der Waals surface area contributed by atoms with E-state index in [1.54, 1.807) is 0 Å². The fourth-order valence-corrected chi connectivity index (χ4v) is 4.67. The lowest BCUT2D eigenvalue weighted by molar-refractivity contribution is -0.116. The van der Waals surface area contributed by atoms with Crippen molar-refractivity contribution in [1.29, 1.82) is 0 Å². The molecular formula is C26H30N2O2S. The number of carbonyl (C=O) groups excluding carboxylic acids is 1. The maximum absolute atomic E-state index is 12.9. The van der Waals surface area contributed by atoms with E-state index in [0.29, 0.717) is 17.5 Å². The average Bonchev–Trinajstić information content (AvgIpc) is 2.76. The molecule has 0 amide bonds. The Kier molecular flexibility index (Phi) is 6.42. The molecule has 1 unspecified atom stereocenters. The van der Waals surface area contributed by atoms with Crippen LogP contribution in [0.5, 0.6) is 11.5 Å². The Morgan fingerprint density at radius 1 is 1.06 bits per heavy atom. The minimum absolute atomic E-state index is 0.192. The summed E-state index contributed by atoms with van der Waals surface area (Å²) in [5, 5.41) is 4.13. The number of benzene rings is 2. The van der Waals surface area contributed by atoms with E-state index in [0.717, 1.165) is 54.1 Å². The van der Waals surface area contributed by atoms with Crippen LogP contribution in [0.4, 0.5) is 0 Å².